The van der Waals surface area contributed by atoms with Crippen LogP contribution in [0.3, 0.4) is 0 Å². The van der Waals surface area contributed by atoms with Gasteiger partial charge in [-0.05, 0) is 52.9 Å². The molecule has 2 N–H and O–H groups in total. The van der Waals surface area contributed by atoms with Crippen molar-refractivity contribution in [2.24, 2.45) is 5.73 Å². The van der Waals surface area contributed by atoms with Gasteiger partial charge in [-0.1, -0.05) is 6.07 Å². The molecule has 1 aliphatic heterocycles. The maximum absolute atomic E-state index is 11.1. The molecule has 1 aromatic rings. The highest BCUT2D eigenvalue weighted by molar-refractivity contribution is 9.10. The Morgan fingerprint density at radius 3 is 2.47 bits per heavy atom. The lowest BCUT2D eigenvalue weighted by molar-refractivity contribution is 0.227. The van der Waals surface area contributed by atoms with Crippen molar-refractivity contribution >= 4 is 25.8 Å². The first-order chi connectivity index (χ1) is 8.88. The summed E-state index contributed by atoms with van der Waals surface area (Å²) in [5.41, 5.74) is 7.19. The van der Waals surface area contributed by atoms with E-state index in [0.29, 0.717) is 5.75 Å². The van der Waals surface area contributed by atoms with Crippen LogP contribution in [-0.2, 0) is 15.4 Å². The molecule has 0 amide bonds. The number of benzene rings is 1. The van der Waals surface area contributed by atoms with Gasteiger partial charge in [0.05, 0.1) is 16.0 Å². The molecule has 0 aromatic heterocycles. The predicted molar refractivity (Wildman–Crippen MR) is 76.9 cm³/mol. The minimum absolute atomic E-state index is 0.113. The highest BCUT2D eigenvalue weighted by Gasteiger charge is 2.37. The summed E-state index contributed by atoms with van der Waals surface area (Å²) >= 11 is 3.47. The lowest BCUT2D eigenvalue weighted by Crippen LogP contribution is -2.45. The summed E-state index contributed by atoms with van der Waals surface area (Å²) < 4.78 is 28.7. The van der Waals surface area contributed by atoms with Gasteiger partial charge in [0, 0.05) is 5.54 Å². The minimum atomic E-state index is -2.85. The second kappa shape index (κ2) is 4.46. The number of hydrogen-bond acceptors (Lipinski definition) is 4. The third kappa shape index (κ3) is 2.53. The maximum Gasteiger partial charge on any atom is 0.157 e. The van der Waals surface area contributed by atoms with E-state index < -0.39 is 9.84 Å². The molecule has 1 aliphatic carbocycles. The van der Waals surface area contributed by atoms with Crippen LogP contribution >= 0.6 is 15.9 Å². The Hall–Kier alpha value is -0.590. The van der Waals surface area contributed by atoms with Crippen LogP contribution in [0.2, 0.25) is 0 Å². The van der Waals surface area contributed by atoms with Crippen LogP contribution in [-0.4, -0.2) is 26.0 Å². The minimum Gasteiger partial charge on any atom is -0.487 e. The molecule has 0 bridgehead atoms. The zero-order chi connectivity index (χ0) is 13.7. The molecule has 1 saturated carbocycles. The predicted octanol–water partition coefficient (Wildman–Crippen LogP) is 1.96. The standard InChI is InChI=1S/C13H16BrNO3S/c14-11-6-9(13(15)4-1-5-13)2-3-12(11)18-10-7-19(16,17)8-10/h2-3,6,10H,1,4-5,7-8,15H2. The normalized spacial score (nSPS) is 24.3. The Morgan fingerprint density at radius 2 is 2.00 bits per heavy atom. The Morgan fingerprint density at radius 1 is 1.32 bits per heavy atom. The molecule has 2 fully saturated rings. The van der Waals surface area contributed by atoms with Crippen LogP contribution in [0.1, 0.15) is 24.8 Å². The fourth-order valence-electron chi connectivity index (χ4n) is 2.52. The molecule has 4 nitrogen and oxygen atoms in total. The van der Waals surface area contributed by atoms with Crippen molar-refractivity contribution in [3.05, 3.63) is 28.2 Å². The number of ether oxygens (including phenoxy) is 1. The number of halogens is 1. The molecule has 19 heavy (non-hydrogen) atoms. The van der Waals surface area contributed by atoms with Gasteiger partial charge >= 0.3 is 0 Å². The summed E-state index contributed by atoms with van der Waals surface area (Å²) in [5.74, 6) is 0.913. The van der Waals surface area contributed by atoms with Gasteiger partial charge in [-0.25, -0.2) is 8.42 Å². The fourth-order valence-corrected chi connectivity index (χ4v) is 4.16. The van der Waals surface area contributed by atoms with Gasteiger partial charge in [0.2, 0.25) is 0 Å². The van der Waals surface area contributed by atoms with Gasteiger partial charge in [-0.3, -0.25) is 0 Å². The summed E-state index contributed by atoms with van der Waals surface area (Å²) in [4.78, 5) is 0. The number of hydrogen-bond donors (Lipinski definition) is 1. The Labute approximate surface area is 121 Å². The van der Waals surface area contributed by atoms with E-state index in [-0.39, 0.29) is 23.1 Å². The third-order valence-electron chi connectivity index (χ3n) is 3.93. The zero-order valence-corrected chi connectivity index (χ0v) is 12.8. The highest BCUT2D eigenvalue weighted by atomic mass is 79.9. The zero-order valence-electron chi connectivity index (χ0n) is 10.4. The van der Waals surface area contributed by atoms with E-state index in [1.807, 2.05) is 18.2 Å². The van der Waals surface area contributed by atoms with Crippen LogP contribution in [0.5, 0.6) is 5.75 Å². The van der Waals surface area contributed by atoms with Crippen LogP contribution in [0.4, 0.5) is 0 Å². The Kier molecular flexibility index (Phi) is 3.15. The molecule has 6 heteroatoms. The van der Waals surface area contributed by atoms with Crippen molar-refractivity contribution < 1.29 is 13.2 Å². The molecule has 2 aliphatic rings. The van der Waals surface area contributed by atoms with E-state index in [2.05, 4.69) is 15.9 Å². The SMILES string of the molecule is NC1(c2ccc(OC3CS(=O)(=O)C3)c(Br)c2)CCC1. The molecule has 1 heterocycles. The van der Waals surface area contributed by atoms with Gasteiger partial charge in [-0.15, -0.1) is 0 Å². The number of rotatable bonds is 3. The molecule has 0 atom stereocenters. The molecular formula is C13H16BrNO3S. The van der Waals surface area contributed by atoms with E-state index in [1.54, 1.807) is 0 Å². The second-order valence-electron chi connectivity index (χ2n) is 5.47. The van der Waals surface area contributed by atoms with Crippen molar-refractivity contribution in [2.45, 2.75) is 30.9 Å². The summed E-state index contributed by atoms with van der Waals surface area (Å²) in [6, 6.07) is 5.84. The number of sulfone groups is 1. The van der Waals surface area contributed by atoms with Crippen molar-refractivity contribution in [3.8, 4) is 5.75 Å². The smallest absolute Gasteiger partial charge is 0.157 e. The van der Waals surface area contributed by atoms with E-state index in [0.717, 1.165) is 22.9 Å². The summed E-state index contributed by atoms with van der Waals surface area (Å²) in [5, 5.41) is 0. The summed E-state index contributed by atoms with van der Waals surface area (Å²) in [7, 11) is -2.85. The van der Waals surface area contributed by atoms with Crippen molar-refractivity contribution in [1.29, 1.82) is 0 Å². The van der Waals surface area contributed by atoms with E-state index in [1.165, 1.54) is 6.42 Å². The molecule has 1 aromatic carbocycles. The van der Waals surface area contributed by atoms with Gasteiger partial charge in [0.1, 0.15) is 11.9 Å². The first-order valence-corrected chi connectivity index (χ1v) is 8.95. The van der Waals surface area contributed by atoms with Crippen LogP contribution in [0.25, 0.3) is 0 Å². The molecule has 0 radical (unpaired) electrons. The number of nitrogens with two attached hydrogens (primary N) is 1. The second-order valence-corrected chi connectivity index (χ2v) is 8.48. The van der Waals surface area contributed by atoms with Crippen LogP contribution in [0.15, 0.2) is 22.7 Å². The highest BCUT2D eigenvalue weighted by Crippen LogP contribution is 2.41. The Bertz CT molecular complexity index is 598. The average Bonchev–Trinajstić information content (AvgIpc) is 2.26. The monoisotopic (exact) mass is 345 g/mol. The van der Waals surface area contributed by atoms with Crippen molar-refractivity contribution in [3.63, 3.8) is 0 Å². The van der Waals surface area contributed by atoms with Gasteiger partial charge in [0.25, 0.3) is 0 Å². The van der Waals surface area contributed by atoms with Crippen LogP contribution in [0, 0.1) is 0 Å². The summed E-state index contributed by atoms with van der Waals surface area (Å²) in [6.07, 6.45) is 2.98. The average molecular weight is 346 g/mol. The molecule has 0 spiro atoms. The van der Waals surface area contributed by atoms with Crippen molar-refractivity contribution in [1.82, 2.24) is 0 Å². The van der Waals surface area contributed by atoms with Gasteiger partial charge in [0.15, 0.2) is 9.84 Å². The molecule has 3 rings (SSSR count). The van der Waals surface area contributed by atoms with Gasteiger partial charge in [-0.2, -0.15) is 0 Å². The van der Waals surface area contributed by atoms with Crippen LogP contribution < -0.4 is 10.5 Å². The molecule has 1 saturated heterocycles. The van der Waals surface area contributed by atoms with E-state index in [4.69, 9.17) is 10.5 Å². The third-order valence-corrected chi connectivity index (χ3v) is 6.30. The molecule has 104 valence electrons. The Balaban J connectivity index is 1.73. The quantitative estimate of drug-likeness (QED) is 0.909. The summed E-state index contributed by atoms with van der Waals surface area (Å²) in [6.45, 7) is 0. The first kappa shape index (κ1) is 13.4. The van der Waals surface area contributed by atoms with E-state index >= 15 is 0 Å². The van der Waals surface area contributed by atoms with Crippen molar-refractivity contribution in [2.75, 3.05) is 11.5 Å². The molecule has 0 unspecified atom stereocenters. The topological polar surface area (TPSA) is 69.4 Å². The largest absolute Gasteiger partial charge is 0.487 e. The fraction of sp³-hybridized carbons (Fsp3) is 0.538. The van der Waals surface area contributed by atoms with E-state index in [9.17, 15) is 8.42 Å². The lowest BCUT2D eigenvalue weighted by Gasteiger charge is -2.39. The van der Waals surface area contributed by atoms with Gasteiger partial charge < -0.3 is 10.5 Å². The molecular weight excluding hydrogens is 330 g/mol. The first-order valence-electron chi connectivity index (χ1n) is 6.34. The maximum atomic E-state index is 11.1. The lowest BCUT2D eigenvalue weighted by atomic mass is 9.73.